The number of fused-ring (bicyclic) bond motifs is 1. The van der Waals surface area contributed by atoms with Crippen LogP contribution in [0, 0.1) is 0 Å². The maximum Gasteiger partial charge on any atom is 0.336 e. The number of hydrogen-bond acceptors (Lipinski definition) is 1. The fourth-order valence-corrected chi connectivity index (χ4v) is 3.72. The Morgan fingerprint density at radius 2 is 0.968 bits per heavy atom. The van der Waals surface area contributed by atoms with Crippen molar-refractivity contribution in [1.82, 2.24) is 0 Å². The standard InChI is InChI=1S/C11H8O2.B18/c12-11(13)10-7-3-5-8-4-1-2-6-9(8)10;1-11(2)16(12(3)4)18(15(9)10)17(13(5)6)14(7)8/h1-7H,(H,12,13);. The SMILES string of the molecule is O=C(O)c1cccc2ccccc12.[B]B([B])B(B([B])[B])B(B([B])[B])B(B([B])[B])B([B])[B]. The minimum absolute atomic E-state index is 0.359. The molecular weight excluding hydrogens is 359 g/mol. The van der Waals surface area contributed by atoms with Crippen LogP contribution in [0.4, 0.5) is 0 Å². The van der Waals surface area contributed by atoms with Gasteiger partial charge in [0.25, 0.3) is 0 Å². The molecule has 0 aliphatic heterocycles. The first-order valence-electron chi connectivity index (χ1n) is 9.67. The molecule has 0 heterocycles. The summed E-state index contributed by atoms with van der Waals surface area (Å²) in [6, 6.07) is 12.7. The molecule has 2 aromatic rings. The zero-order valence-corrected chi connectivity index (χ0v) is 17.3. The Hall–Kier alpha value is -0.661. The number of hydrogen-bond donors (Lipinski definition) is 1. The van der Waals surface area contributed by atoms with Gasteiger partial charge in [0.2, 0.25) is 0 Å². The van der Waals surface area contributed by atoms with Crippen LogP contribution in [-0.2, 0) is 0 Å². The Kier molecular flexibility index (Phi) is 12.0. The average molecular weight is 367 g/mol. The second-order valence-corrected chi connectivity index (χ2v) is 7.45. The molecule has 0 fully saturated rings. The van der Waals surface area contributed by atoms with Crippen LogP contribution in [-0.4, -0.2) is 140 Å². The van der Waals surface area contributed by atoms with E-state index in [4.69, 9.17) is 82.5 Å². The number of carboxylic acid groups (broad SMARTS) is 1. The predicted octanol–water partition coefficient (Wildman–Crippen LogP) is -4.32. The van der Waals surface area contributed by atoms with Crippen LogP contribution in [0.15, 0.2) is 42.5 Å². The number of carbonyl (C=O) groups is 1. The third-order valence-corrected chi connectivity index (χ3v) is 5.13. The summed E-state index contributed by atoms with van der Waals surface area (Å²) in [5.41, 5.74) is 0.359. The fourth-order valence-electron chi connectivity index (χ4n) is 3.72. The van der Waals surface area contributed by atoms with E-state index in [0.29, 0.717) is 5.56 Å². The number of rotatable bonds is 8. The summed E-state index contributed by atoms with van der Waals surface area (Å²) in [6.07, 6.45) is -6.04. The molecule has 0 bridgehead atoms. The molecule has 0 amide bonds. The van der Waals surface area contributed by atoms with Gasteiger partial charge in [0, 0.05) is 128 Å². The normalized spacial score (nSPS) is 9.55. The molecule has 0 spiro atoms. The van der Waals surface area contributed by atoms with E-state index >= 15 is 0 Å². The minimum Gasteiger partial charge on any atom is -0.478 e. The van der Waals surface area contributed by atoms with E-state index in [0.717, 1.165) is 10.8 Å². The largest absolute Gasteiger partial charge is 0.478 e. The monoisotopic (exact) mass is 370 g/mol. The summed E-state index contributed by atoms with van der Waals surface area (Å²) in [7, 11) is 56.7. The predicted molar refractivity (Wildman–Crippen MR) is 154 cm³/mol. The molecule has 2 nitrogen and oxygen atoms in total. The highest BCUT2D eigenvalue weighted by molar-refractivity contribution is 8.17. The first-order valence-corrected chi connectivity index (χ1v) is 9.67. The van der Waals surface area contributed by atoms with Crippen molar-refractivity contribution >= 4 is 145 Å². The fraction of sp³-hybridized carbons (Fsp3) is 0. The highest BCUT2D eigenvalue weighted by Crippen LogP contribution is 2.17. The molecule has 0 saturated carbocycles. The first kappa shape index (κ1) is 28.4. The van der Waals surface area contributed by atoms with Crippen molar-refractivity contribution in [1.29, 1.82) is 0 Å². The summed E-state index contributed by atoms with van der Waals surface area (Å²) < 4.78 is 0. The van der Waals surface area contributed by atoms with Gasteiger partial charge in [0.1, 0.15) is 0 Å². The molecule has 0 saturated heterocycles. The Bertz CT molecular complexity index is 788. The van der Waals surface area contributed by atoms with Gasteiger partial charge >= 0.3 is 5.97 Å². The highest BCUT2D eigenvalue weighted by atomic mass is 16.4. The van der Waals surface area contributed by atoms with Crippen molar-refractivity contribution in [3.05, 3.63) is 48.0 Å². The third kappa shape index (κ3) is 8.00. The molecule has 1 N–H and O–H groups in total. The molecule has 0 aliphatic rings. The first-order chi connectivity index (χ1) is 14.4. The molecule has 118 valence electrons. The number of aromatic carboxylic acids is 1. The van der Waals surface area contributed by atoms with Gasteiger partial charge in [-0.3, -0.25) is 0 Å². The molecule has 0 aliphatic carbocycles. The maximum atomic E-state index is 10.8. The van der Waals surface area contributed by atoms with E-state index in [-0.39, 0.29) is 0 Å². The minimum atomic E-state index is -0.878. The molecule has 20 radical (unpaired) electrons. The van der Waals surface area contributed by atoms with Crippen molar-refractivity contribution < 1.29 is 9.90 Å². The molecule has 20 heteroatoms. The van der Waals surface area contributed by atoms with Gasteiger partial charge in [-0.05, 0) is 16.8 Å². The van der Waals surface area contributed by atoms with Crippen molar-refractivity contribution in [3.63, 3.8) is 0 Å². The Morgan fingerprint density at radius 3 is 1.35 bits per heavy atom. The number of benzene rings is 2. The third-order valence-electron chi connectivity index (χ3n) is 5.13. The Balaban J connectivity index is 0.000000323. The van der Waals surface area contributed by atoms with Crippen LogP contribution in [0.2, 0.25) is 0 Å². The summed E-state index contributed by atoms with van der Waals surface area (Å²) in [5, 5.41) is 10.6. The van der Waals surface area contributed by atoms with E-state index < -0.39 is 57.1 Å². The van der Waals surface area contributed by atoms with E-state index in [9.17, 15) is 4.79 Å². The van der Waals surface area contributed by atoms with E-state index in [1.807, 2.05) is 30.3 Å². The van der Waals surface area contributed by atoms with E-state index in [1.54, 1.807) is 12.1 Å². The van der Waals surface area contributed by atoms with Gasteiger partial charge in [0.15, 0.2) is 0 Å². The topological polar surface area (TPSA) is 37.3 Å². The Morgan fingerprint density at radius 1 is 0.581 bits per heavy atom. The summed E-state index contributed by atoms with van der Waals surface area (Å²) in [5.74, 6) is -0.878. The highest BCUT2D eigenvalue weighted by Gasteiger charge is 2.41. The van der Waals surface area contributed by atoms with Gasteiger partial charge in [-0.1, -0.05) is 36.4 Å². The van der Waals surface area contributed by atoms with Gasteiger partial charge in [-0.15, -0.1) is 0 Å². The Labute approximate surface area is 202 Å². The van der Waals surface area contributed by atoms with Crippen LogP contribution < -0.4 is 0 Å². The van der Waals surface area contributed by atoms with Gasteiger partial charge in [-0.25, -0.2) is 4.79 Å². The van der Waals surface area contributed by atoms with E-state index in [1.165, 1.54) is 0 Å². The molecule has 0 unspecified atom stereocenters. The molecular formula is C11H8B18O2. The molecule has 2 aromatic carbocycles. The summed E-state index contributed by atoms with van der Waals surface area (Å²) in [6.45, 7) is 0. The van der Waals surface area contributed by atoms with Crippen LogP contribution in [0.1, 0.15) is 10.4 Å². The van der Waals surface area contributed by atoms with Crippen LogP contribution in [0.3, 0.4) is 0 Å². The van der Waals surface area contributed by atoms with Gasteiger partial charge < -0.3 is 5.11 Å². The van der Waals surface area contributed by atoms with Crippen molar-refractivity contribution in [2.75, 3.05) is 0 Å². The van der Waals surface area contributed by atoms with Crippen molar-refractivity contribution in [2.24, 2.45) is 0 Å². The smallest absolute Gasteiger partial charge is 0.336 e. The maximum absolute atomic E-state index is 10.8. The van der Waals surface area contributed by atoms with Crippen molar-refractivity contribution in [3.8, 4) is 0 Å². The van der Waals surface area contributed by atoms with Gasteiger partial charge in [0.05, 0.1) is 5.56 Å². The molecule has 0 atom stereocenters. The van der Waals surface area contributed by atoms with Crippen LogP contribution in [0.25, 0.3) is 10.8 Å². The lowest BCUT2D eigenvalue weighted by atomic mass is 8.41. The summed E-state index contributed by atoms with van der Waals surface area (Å²) in [4.78, 5) is 10.8. The zero-order chi connectivity index (χ0) is 23.9. The average Bonchev–Trinajstić information content (AvgIpc) is 2.66. The zero-order valence-electron chi connectivity index (χ0n) is 17.3. The quantitative estimate of drug-likeness (QED) is 0.480. The van der Waals surface area contributed by atoms with Crippen LogP contribution >= 0.6 is 0 Å². The molecule has 0 aromatic heterocycles. The second-order valence-electron chi connectivity index (χ2n) is 7.45. The van der Waals surface area contributed by atoms with Crippen molar-refractivity contribution in [2.45, 2.75) is 0 Å². The molecule has 2 rings (SSSR count). The lowest BCUT2D eigenvalue weighted by Crippen LogP contribution is -2.78. The van der Waals surface area contributed by atoms with E-state index in [2.05, 4.69) is 0 Å². The second kappa shape index (κ2) is 13.1. The lowest BCUT2D eigenvalue weighted by Gasteiger charge is -2.40. The summed E-state index contributed by atoms with van der Waals surface area (Å²) >= 11 is 0. The lowest BCUT2D eigenvalue weighted by molar-refractivity contribution is 0.0699. The van der Waals surface area contributed by atoms with Crippen LogP contribution in [0.5, 0.6) is 0 Å². The molecule has 31 heavy (non-hydrogen) atoms. The van der Waals surface area contributed by atoms with Gasteiger partial charge in [-0.2, -0.15) is 0 Å². The number of carboxylic acids is 1.